The molecule has 0 saturated heterocycles. The predicted octanol–water partition coefficient (Wildman–Crippen LogP) is 2.60. The molecule has 1 aliphatic rings. The Morgan fingerprint density at radius 1 is 1.31 bits per heavy atom. The molecule has 0 heterocycles. The van der Waals surface area contributed by atoms with Gasteiger partial charge in [-0.1, -0.05) is 35.5 Å². The van der Waals surface area contributed by atoms with Crippen LogP contribution in [0.3, 0.4) is 0 Å². The van der Waals surface area contributed by atoms with Crippen LogP contribution in [-0.4, -0.2) is 6.21 Å². The Hall–Kier alpha value is -1.31. The van der Waals surface area contributed by atoms with Gasteiger partial charge in [0.15, 0.2) is 0 Å². The molecule has 1 aromatic carbocycles. The standard InChI is InChI=1S/C11H13NO/c1-2-4-11(5-3-1)9-13-12-8-10-6-7-10/h1-5,8,10H,6-7,9H2. The van der Waals surface area contributed by atoms with E-state index in [9.17, 15) is 0 Å². The summed E-state index contributed by atoms with van der Waals surface area (Å²) in [6.45, 7) is 0.573. The third-order valence-corrected chi connectivity index (χ3v) is 2.04. The van der Waals surface area contributed by atoms with E-state index in [-0.39, 0.29) is 0 Å². The van der Waals surface area contributed by atoms with Crippen molar-refractivity contribution in [2.75, 3.05) is 0 Å². The molecule has 0 radical (unpaired) electrons. The second kappa shape index (κ2) is 4.08. The van der Waals surface area contributed by atoms with Crippen molar-refractivity contribution in [1.82, 2.24) is 0 Å². The van der Waals surface area contributed by atoms with E-state index >= 15 is 0 Å². The maximum absolute atomic E-state index is 5.14. The van der Waals surface area contributed by atoms with Crippen molar-refractivity contribution in [3.63, 3.8) is 0 Å². The zero-order valence-corrected chi connectivity index (χ0v) is 7.52. The number of benzene rings is 1. The summed E-state index contributed by atoms with van der Waals surface area (Å²) >= 11 is 0. The van der Waals surface area contributed by atoms with Crippen LogP contribution in [0.2, 0.25) is 0 Å². The van der Waals surface area contributed by atoms with Crippen LogP contribution < -0.4 is 0 Å². The van der Waals surface area contributed by atoms with Gasteiger partial charge < -0.3 is 4.84 Å². The highest BCUT2D eigenvalue weighted by molar-refractivity contribution is 5.62. The summed E-state index contributed by atoms with van der Waals surface area (Å²) in [5.41, 5.74) is 1.16. The molecule has 2 heteroatoms. The highest BCUT2D eigenvalue weighted by atomic mass is 16.6. The average Bonchev–Trinajstić information content (AvgIpc) is 2.98. The molecular weight excluding hydrogens is 162 g/mol. The molecule has 1 fully saturated rings. The van der Waals surface area contributed by atoms with Crippen LogP contribution in [0, 0.1) is 5.92 Å². The molecule has 1 aliphatic carbocycles. The van der Waals surface area contributed by atoms with Crippen molar-refractivity contribution in [3.8, 4) is 0 Å². The van der Waals surface area contributed by atoms with Crippen LogP contribution in [0.1, 0.15) is 18.4 Å². The fourth-order valence-corrected chi connectivity index (χ4v) is 1.06. The van der Waals surface area contributed by atoms with Crippen molar-refractivity contribution >= 4 is 6.21 Å². The Morgan fingerprint density at radius 2 is 2.08 bits per heavy atom. The van der Waals surface area contributed by atoms with Gasteiger partial charge in [0.2, 0.25) is 0 Å². The summed E-state index contributed by atoms with van der Waals surface area (Å²) in [7, 11) is 0. The molecule has 68 valence electrons. The Kier molecular flexibility index (Phi) is 2.60. The van der Waals surface area contributed by atoms with Crippen molar-refractivity contribution in [2.45, 2.75) is 19.4 Å². The molecule has 0 aliphatic heterocycles. The fourth-order valence-electron chi connectivity index (χ4n) is 1.06. The van der Waals surface area contributed by atoms with Gasteiger partial charge in [-0.2, -0.15) is 0 Å². The van der Waals surface area contributed by atoms with Crippen LogP contribution in [-0.2, 0) is 11.4 Å². The molecule has 0 aromatic heterocycles. The van der Waals surface area contributed by atoms with E-state index in [2.05, 4.69) is 5.16 Å². The zero-order chi connectivity index (χ0) is 8.93. The molecule has 0 bridgehead atoms. The number of oxime groups is 1. The van der Waals surface area contributed by atoms with Crippen LogP contribution >= 0.6 is 0 Å². The quantitative estimate of drug-likeness (QED) is 0.509. The first-order valence-electron chi connectivity index (χ1n) is 4.64. The first kappa shape index (κ1) is 8.30. The minimum atomic E-state index is 0.573. The van der Waals surface area contributed by atoms with Gasteiger partial charge in [0.1, 0.15) is 6.61 Å². The Balaban J connectivity index is 1.73. The van der Waals surface area contributed by atoms with Gasteiger partial charge in [-0.3, -0.25) is 0 Å². The molecule has 0 N–H and O–H groups in total. The molecule has 0 amide bonds. The molecule has 2 nitrogen and oxygen atoms in total. The highest BCUT2D eigenvalue weighted by Crippen LogP contribution is 2.26. The first-order chi connectivity index (χ1) is 6.45. The van der Waals surface area contributed by atoms with Crippen molar-refractivity contribution < 1.29 is 4.84 Å². The van der Waals surface area contributed by atoms with Crippen LogP contribution in [0.25, 0.3) is 0 Å². The van der Waals surface area contributed by atoms with Gasteiger partial charge in [0.25, 0.3) is 0 Å². The van der Waals surface area contributed by atoms with E-state index in [0.29, 0.717) is 12.5 Å². The van der Waals surface area contributed by atoms with E-state index < -0.39 is 0 Å². The Bertz CT molecular complexity index is 277. The molecule has 1 saturated carbocycles. The monoisotopic (exact) mass is 175 g/mol. The maximum Gasteiger partial charge on any atom is 0.142 e. The summed E-state index contributed by atoms with van der Waals surface area (Å²) in [5, 5.41) is 3.90. The van der Waals surface area contributed by atoms with Gasteiger partial charge in [0.05, 0.1) is 0 Å². The average molecular weight is 175 g/mol. The predicted molar refractivity (Wildman–Crippen MR) is 52.4 cm³/mol. The summed E-state index contributed by atoms with van der Waals surface area (Å²) < 4.78 is 0. The summed E-state index contributed by atoms with van der Waals surface area (Å²) in [5.74, 6) is 0.691. The Morgan fingerprint density at radius 3 is 2.77 bits per heavy atom. The van der Waals surface area contributed by atoms with Crippen molar-refractivity contribution in [2.24, 2.45) is 11.1 Å². The van der Waals surface area contributed by atoms with Crippen LogP contribution in [0.15, 0.2) is 35.5 Å². The number of nitrogens with zero attached hydrogens (tertiary/aromatic N) is 1. The highest BCUT2D eigenvalue weighted by Gasteiger charge is 2.18. The van der Waals surface area contributed by atoms with Crippen molar-refractivity contribution in [1.29, 1.82) is 0 Å². The van der Waals surface area contributed by atoms with Crippen LogP contribution in [0.4, 0.5) is 0 Å². The lowest BCUT2D eigenvalue weighted by atomic mass is 10.2. The molecule has 0 spiro atoms. The lowest BCUT2D eigenvalue weighted by Gasteiger charge is -1.97. The summed E-state index contributed by atoms with van der Waals surface area (Å²) in [6, 6.07) is 10.1. The molecule has 13 heavy (non-hydrogen) atoms. The van der Waals surface area contributed by atoms with E-state index in [1.165, 1.54) is 12.8 Å². The van der Waals surface area contributed by atoms with E-state index in [1.807, 2.05) is 36.5 Å². The van der Waals surface area contributed by atoms with Gasteiger partial charge in [0, 0.05) is 6.21 Å². The van der Waals surface area contributed by atoms with Gasteiger partial charge in [-0.15, -0.1) is 0 Å². The Labute approximate surface area is 78.2 Å². The first-order valence-corrected chi connectivity index (χ1v) is 4.64. The molecule has 0 atom stereocenters. The lowest BCUT2D eigenvalue weighted by Crippen LogP contribution is -1.86. The largest absolute Gasteiger partial charge is 0.391 e. The van der Waals surface area contributed by atoms with Crippen molar-refractivity contribution in [3.05, 3.63) is 35.9 Å². The SMILES string of the molecule is C(=NOCc1ccccc1)C1CC1. The smallest absolute Gasteiger partial charge is 0.142 e. The fraction of sp³-hybridized carbons (Fsp3) is 0.364. The van der Waals surface area contributed by atoms with Gasteiger partial charge >= 0.3 is 0 Å². The second-order valence-electron chi connectivity index (χ2n) is 3.35. The number of hydrogen-bond donors (Lipinski definition) is 0. The van der Waals surface area contributed by atoms with E-state index in [4.69, 9.17) is 4.84 Å². The maximum atomic E-state index is 5.14. The van der Waals surface area contributed by atoms with Gasteiger partial charge in [-0.05, 0) is 24.3 Å². The van der Waals surface area contributed by atoms with Gasteiger partial charge in [-0.25, -0.2) is 0 Å². The third-order valence-electron chi connectivity index (χ3n) is 2.04. The van der Waals surface area contributed by atoms with E-state index in [0.717, 1.165) is 5.56 Å². The molecule has 0 unspecified atom stereocenters. The summed E-state index contributed by atoms with van der Waals surface area (Å²) in [4.78, 5) is 5.14. The lowest BCUT2D eigenvalue weighted by molar-refractivity contribution is 0.131. The normalized spacial score (nSPS) is 16.3. The molecule has 2 rings (SSSR count). The third kappa shape index (κ3) is 2.90. The molecule has 1 aromatic rings. The summed E-state index contributed by atoms with van der Waals surface area (Å²) in [6.07, 6.45) is 4.46. The van der Waals surface area contributed by atoms with E-state index in [1.54, 1.807) is 0 Å². The number of hydrogen-bond acceptors (Lipinski definition) is 2. The zero-order valence-electron chi connectivity index (χ0n) is 7.52. The molecular formula is C11H13NO. The minimum absolute atomic E-state index is 0.573. The van der Waals surface area contributed by atoms with Crippen LogP contribution in [0.5, 0.6) is 0 Å². The second-order valence-corrected chi connectivity index (χ2v) is 3.35. The number of rotatable bonds is 4. The minimum Gasteiger partial charge on any atom is -0.391 e. The topological polar surface area (TPSA) is 21.6 Å².